The molecule has 24 heavy (non-hydrogen) atoms. The van der Waals surface area contributed by atoms with Crippen molar-refractivity contribution in [3.63, 3.8) is 0 Å². The van der Waals surface area contributed by atoms with E-state index in [4.69, 9.17) is 9.47 Å². The number of aliphatic hydroxyl groups excluding tert-OH is 1. The number of aliphatic hydroxyl groups is 1. The molecule has 0 radical (unpaired) electrons. The molecule has 0 saturated carbocycles. The van der Waals surface area contributed by atoms with Crippen LogP contribution in [-0.4, -0.2) is 35.8 Å². The SMILES string of the molecule is COc1ccc(OC)c(C(O)CNc2cnc3ccccc3n2)c1. The maximum atomic E-state index is 10.5. The highest BCUT2D eigenvalue weighted by Gasteiger charge is 2.15. The second-order valence-corrected chi connectivity index (χ2v) is 5.25. The summed E-state index contributed by atoms with van der Waals surface area (Å²) in [5.74, 6) is 1.87. The molecule has 0 bridgehead atoms. The van der Waals surface area contributed by atoms with E-state index in [-0.39, 0.29) is 6.54 Å². The summed E-state index contributed by atoms with van der Waals surface area (Å²) >= 11 is 0. The van der Waals surface area contributed by atoms with Gasteiger partial charge in [-0.25, -0.2) is 4.98 Å². The molecule has 0 amide bonds. The fraction of sp³-hybridized carbons (Fsp3) is 0.222. The maximum Gasteiger partial charge on any atom is 0.145 e. The van der Waals surface area contributed by atoms with E-state index >= 15 is 0 Å². The monoisotopic (exact) mass is 325 g/mol. The minimum Gasteiger partial charge on any atom is -0.497 e. The molecule has 3 rings (SSSR count). The molecule has 1 heterocycles. The molecule has 1 unspecified atom stereocenters. The second-order valence-electron chi connectivity index (χ2n) is 5.25. The smallest absolute Gasteiger partial charge is 0.145 e. The minimum absolute atomic E-state index is 0.274. The lowest BCUT2D eigenvalue weighted by Crippen LogP contribution is -2.14. The van der Waals surface area contributed by atoms with E-state index in [0.29, 0.717) is 22.9 Å². The van der Waals surface area contributed by atoms with Crippen LogP contribution in [0.5, 0.6) is 11.5 Å². The molecule has 0 spiro atoms. The molecule has 0 aliphatic rings. The summed E-state index contributed by atoms with van der Waals surface area (Å²) in [7, 11) is 3.15. The van der Waals surface area contributed by atoms with Gasteiger partial charge in [0.15, 0.2) is 0 Å². The number of para-hydroxylation sites is 2. The van der Waals surface area contributed by atoms with E-state index in [0.717, 1.165) is 11.0 Å². The highest BCUT2D eigenvalue weighted by Crippen LogP contribution is 2.29. The molecular formula is C18H19N3O3. The number of aromatic nitrogens is 2. The summed E-state index contributed by atoms with van der Waals surface area (Å²) in [6.45, 7) is 0.274. The lowest BCUT2D eigenvalue weighted by molar-refractivity contribution is 0.186. The van der Waals surface area contributed by atoms with Crippen LogP contribution >= 0.6 is 0 Å². The summed E-state index contributed by atoms with van der Waals surface area (Å²) in [5.41, 5.74) is 2.28. The average molecular weight is 325 g/mol. The molecule has 0 saturated heterocycles. The summed E-state index contributed by atoms with van der Waals surface area (Å²) in [5, 5.41) is 13.6. The molecule has 2 N–H and O–H groups in total. The van der Waals surface area contributed by atoms with Gasteiger partial charge >= 0.3 is 0 Å². The molecule has 2 aromatic carbocycles. The first kappa shape index (κ1) is 16.0. The van der Waals surface area contributed by atoms with Crippen molar-refractivity contribution in [1.29, 1.82) is 0 Å². The third-order valence-corrected chi connectivity index (χ3v) is 3.72. The van der Waals surface area contributed by atoms with Crippen molar-refractivity contribution in [1.82, 2.24) is 9.97 Å². The standard InChI is InChI=1S/C18H19N3O3/c1-23-12-7-8-17(24-2)13(9-12)16(22)10-20-18-11-19-14-5-3-4-6-15(14)21-18/h3-9,11,16,22H,10H2,1-2H3,(H,20,21). The Morgan fingerprint density at radius 3 is 2.62 bits per heavy atom. The van der Waals surface area contributed by atoms with Gasteiger partial charge in [0.2, 0.25) is 0 Å². The lowest BCUT2D eigenvalue weighted by Gasteiger charge is -2.16. The minimum atomic E-state index is -0.775. The van der Waals surface area contributed by atoms with Gasteiger partial charge in [0.05, 0.1) is 37.6 Å². The van der Waals surface area contributed by atoms with Crippen LogP contribution in [0.15, 0.2) is 48.7 Å². The average Bonchev–Trinajstić information content (AvgIpc) is 2.65. The maximum absolute atomic E-state index is 10.5. The highest BCUT2D eigenvalue weighted by molar-refractivity contribution is 5.75. The zero-order valence-electron chi connectivity index (χ0n) is 13.6. The van der Waals surface area contributed by atoms with Gasteiger partial charge in [-0.2, -0.15) is 0 Å². The predicted octanol–water partition coefficient (Wildman–Crippen LogP) is 2.79. The van der Waals surface area contributed by atoms with Crippen LogP contribution in [0.3, 0.4) is 0 Å². The summed E-state index contributed by atoms with van der Waals surface area (Å²) in [4.78, 5) is 8.82. The Morgan fingerprint density at radius 1 is 1.08 bits per heavy atom. The number of hydrogen-bond donors (Lipinski definition) is 2. The number of nitrogens with one attached hydrogen (secondary N) is 1. The molecule has 3 aromatic rings. The van der Waals surface area contributed by atoms with Gasteiger partial charge in [0.25, 0.3) is 0 Å². The van der Waals surface area contributed by atoms with Gasteiger partial charge in [-0.05, 0) is 30.3 Å². The van der Waals surface area contributed by atoms with Gasteiger partial charge in [-0.15, -0.1) is 0 Å². The van der Waals surface area contributed by atoms with Crippen molar-refractivity contribution in [3.8, 4) is 11.5 Å². The van der Waals surface area contributed by atoms with Crippen LogP contribution in [-0.2, 0) is 0 Å². The molecule has 6 nitrogen and oxygen atoms in total. The molecule has 6 heteroatoms. The van der Waals surface area contributed by atoms with Gasteiger partial charge in [-0.1, -0.05) is 12.1 Å². The number of ether oxygens (including phenoxy) is 2. The van der Waals surface area contributed by atoms with Crippen molar-refractivity contribution in [2.24, 2.45) is 0 Å². The Bertz CT molecular complexity index is 839. The summed E-state index contributed by atoms with van der Waals surface area (Å²) < 4.78 is 10.5. The predicted molar refractivity (Wildman–Crippen MR) is 92.5 cm³/mol. The summed E-state index contributed by atoms with van der Waals surface area (Å²) in [6.07, 6.45) is 0.876. The molecule has 0 fully saturated rings. The van der Waals surface area contributed by atoms with Crippen molar-refractivity contribution in [2.75, 3.05) is 26.1 Å². The second kappa shape index (κ2) is 7.14. The Balaban J connectivity index is 1.75. The van der Waals surface area contributed by atoms with Crippen LogP contribution < -0.4 is 14.8 Å². The molecule has 1 aromatic heterocycles. The number of anilines is 1. The highest BCUT2D eigenvalue weighted by atomic mass is 16.5. The van der Waals surface area contributed by atoms with Gasteiger partial charge < -0.3 is 19.9 Å². The van der Waals surface area contributed by atoms with Crippen LogP contribution in [0.25, 0.3) is 11.0 Å². The summed E-state index contributed by atoms with van der Waals surface area (Å²) in [6, 6.07) is 13.0. The van der Waals surface area contributed by atoms with E-state index in [2.05, 4.69) is 15.3 Å². The van der Waals surface area contributed by atoms with Crippen LogP contribution in [0.2, 0.25) is 0 Å². The first-order valence-corrected chi connectivity index (χ1v) is 7.57. The van der Waals surface area contributed by atoms with E-state index < -0.39 is 6.10 Å². The van der Waals surface area contributed by atoms with Crippen LogP contribution in [0.1, 0.15) is 11.7 Å². The van der Waals surface area contributed by atoms with Crippen molar-refractivity contribution in [3.05, 3.63) is 54.2 Å². The third kappa shape index (κ3) is 3.38. The Kier molecular flexibility index (Phi) is 4.77. The zero-order valence-corrected chi connectivity index (χ0v) is 13.6. The van der Waals surface area contributed by atoms with Gasteiger partial charge in [0.1, 0.15) is 17.3 Å². The van der Waals surface area contributed by atoms with Crippen molar-refractivity contribution in [2.45, 2.75) is 6.10 Å². The number of methoxy groups -OCH3 is 2. The topological polar surface area (TPSA) is 76.5 Å². The Labute approximate surface area is 140 Å². The first-order valence-electron chi connectivity index (χ1n) is 7.57. The van der Waals surface area contributed by atoms with Gasteiger partial charge in [-0.3, -0.25) is 4.98 Å². The van der Waals surface area contributed by atoms with Crippen LogP contribution in [0.4, 0.5) is 5.82 Å². The number of fused-ring (bicyclic) bond motifs is 1. The lowest BCUT2D eigenvalue weighted by atomic mass is 10.1. The van der Waals surface area contributed by atoms with E-state index in [9.17, 15) is 5.11 Å². The number of nitrogens with zero attached hydrogens (tertiary/aromatic N) is 2. The first-order chi connectivity index (χ1) is 11.7. The zero-order chi connectivity index (χ0) is 16.9. The van der Waals surface area contributed by atoms with Crippen LogP contribution in [0, 0.1) is 0 Å². The fourth-order valence-corrected chi connectivity index (χ4v) is 2.45. The number of hydrogen-bond acceptors (Lipinski definition) is 6. The molecule has 0 aliphatic heterocycles. The fourth-order valence-electron chi connectivity index (χ4n) is 2.45. The van der Waals surface area contributed by atoms with Gasteiger partial charge in [0, 0.05) is 12.1 Å². The van der Waals surface area contributed by atoms with E-state index in [1.54, 1.807) is 38.6 Å². The molecule has 124 valence electrons. The third-order valence-electron chi connectivity index (χ3n) is 3.72. The normalized spacial score (nSPS) is 12.0. The van der Waals surface area contributed by atoms with E-state index in [1.165, 1.54) is 0 Å². The van der Waals surface area contributed by atoms with Crippen molar-refractivity contribution >= 4 is 16.9 Å². The van der Waals surface area contributed by atoms with Crippen molar-refractivity contribution < 1.29 is 14.6 Å². The largest absolute Gasteiger partial charge is 0.497 e. The number of benzene rings is 2. The molecule has 0 aliphatic carbocycles. The molecule has 1 atom stereocenters. The molecular weight excluding hydrogens is 306 g/mol. The Hall–Kier alpha value is -2.86. The quantitative estimate of drug-likeness (QED) is 0.726. The van der Waals surface area contributed by atoms with E-state index in [1.807, 2.05) is 24.3 Å². The number of rotatable bonds is 6. The Morgan fingerprint density at radius 2 is 1.88 bits per heavy atom.